The molecule has 114 valence electrons. The van der Waals surface area contributed by atoms with Crippen LogP contribution in [-0.2, 0) is 4.79 Å². The van der Waals surface area contributed by atoms with Crippen LogP contribution in [0.1, 0.15) is 37.2 Å². The molecule has 0 aliphatic carbocycles. The lowest BCUT2D eigenvalue weighted by atomic mass is 9.92. The minimum absolute atomic E-state index is 0.124. The average molecular weight is 289 g/mol. The van der Waals surface area contributed by atoms with Gasteiger partial charge in [0.2, 0.25) is 11.8 Å². The van der Waals surface area contributed by atoms with Crippen LogP contribution in [0.15, 0.2) is 4.42 Å². The second-order valence-corrected chi connectivity index (χ2v) is 6.29. The maximum absolute atomic E-state index is 12.2. The Hall–Kier alpha value is -1.80. The maximum atomic E-state index is 12.2. The number of hydrogen-bond acceptors (Lipinski definition) is 4. The van der Waals surface area contributed by atoms with Gasteiger partial charge in [0.1, 0.15) is 17.4 Å². The number of amides is 1. The molecule has 1 aromatic rings. The van der Waals surface area contributed by atoms with E-state index in [1.165, 1.54) is 6.42 Å². The lowest BCUT2D eigenvalue weighted by molar-refractivity contribution is -0.118. The molecule has 1 fully saturated rings. The lowest BCUT2D eigenvalue weighted by Crippen LogP contribution is -2.42. The Labute approximate surface area is 125 Å². The highest BCUT2D eigenvalue weighted by Crippen LogP contribution is 2.25. The van der Waals surface area contributed by atoms with E-state index in [4.69, 9.17) is 9.68 Å². The highest BCUT2D eigenvalue weighted by atomic mass is 16.4. The van der Waals surface area contributed by atoms with Crippen LogP contribution in [-0.4, -0.2) is 30.4 Å². The van der Waals surface area contributed by atoms with Crippen molar-refractivity contribution in [3.05, 3.63) is 16.9 Å². The third-order valence-electron chi connectivity index (χ3n) is 4.06. The van der Waals surface area contributed by atoms with Gasteiger partial charge in [0, 0.05) is 18.7 Å². The summed E-state index contributed by atoms with van der Waals surface area (Å²) in [6.45, 7) is 10.3. The number of likely N-dealkylation sites (tertiary alicyclic amines) is 1. The summed E-state index contributed by atoms with van der Waals surface area (Å²) in [5, 5.41) is 11.9. The predicted molar refractivity (Wildman–Crippen MR) is 80.9 cm³/mol. The van der Waals surface area contributed by atoms with Gasteiger partial charge in [-0.3, -0.25) is 15.0 Å². The van der Waals surface area contributed by atoms with E-state index >= 15 is 0 Å². The van der Waals surface area contributed by atoms with Crippen LogP contribution in [0.4, 0.5) is 5.88 Å². The van der Waals surface area contributed by atoms with Crippen LogP contribution in [0.2, 0.25) is 0 Å². The van der Waals surface area contributed by atoms with Gasteiger partial charge in [-0.05, 0) is 32.1 Å². The normalized spacial score (nSPS) is 22.8. The fraction of sp³-hybridized carbons (Fsp3) is 0.625. The zero-order valence-corrected chi connectivity index (χ0v) is 13.2. The molecule has 0 spiro atoms. The Balaban J connectivity index is 1.99. The Morgan fingerprint density at radius 2 is 2.00 bits per heavy atom. The Kier molecular flexibility index (Phi) is 4.69. The van der Waals surface area contributed by atoms with Crippen molar-refractivity contribution in [3.63, 3.8) is 0 Å². The molecular formula is C16H23N3O2. The van der Waals surface area contributed by atoms with Crippen LogP contribution in [0.5, 0.6) is 0 Å². The van der Waals surface area contributed by atoms with E-state index < -0.39 is 0 Å². The smallest absolute Gasteiger partial charge is 0.240 e. The van der Waals surface area contributed by atoms with E-state index in [-0.39, 0.29) is 11.8 Å². The molecule has 0 bridgehead atoms. The first-order valence-electron chi connectivity index (χ1n) is 7.43. The van der Waals surface area contributed by atoms with Crippen LogP contribution in [0, 0.1) is 37.0 Å². The van der Waals surface area contributed by atoms with Gasteiger partial charge in [-0.15, -0.1) is 0 Å². The summed E-state index contributed by atoms with van der Waals surface area (Å²) in [6, 6.07) is 2.09. The fourth-order valence-electron chi connectivity index (χ4n) is 3.14. The highest BCUT2D eigenvalue weighted by Gasteiger charge is 2.24. The van der Waals surface area contributed by atoms with Crippen molar-refractivity contribution in [2.45, 2.75) is 34.1 Å². The lowest BCUT2D eigenvalue weighted by Gasteiger charge is -2.34. The number of anilines is 1. The molecule has 1 N–H and O–H groups in total. The number of rotatable bonds is 3. The second-order valence-electron chi connectivity index (χ2n) is 6.29. The third kappa shape index (κ3) is 3.64. The monoisotopic (exact) mass is 289 g/mol. The second kappa shape index (κ2) is 6.31. The zero-order chi connectivity index (χ0) is 15.6. The molecular weight excluding hydrogens is 266 g/mol. The van der Waals surface area contributed by atoms with E-state index in [1.54, 1.807) is 6.92 Å². The SMILES string of the molecule is Cc1oc(NC(=O)CN2C[C@H](C)C[C@H](C)C2)c(C#N)c1C. The Bertz CT molecular complexity index is 561. The summed E-state index contributed by atoms with van der Waals surface area (Å²) in [4.78, 5) is 14.3. The van der Waals surface area contributed by atoms with Gasteiger partial charge in [0.05, 0.1) is 6.54 Å². The van der Waals surface area contributed by atoms with Crippen LogP contribution < -0.4 is 5.32 Å². The van der Waals surface area contributed by atoms with Crippen molar-refractivity contribution in [3.8, 4) is 6.07 Å². The average Bonchev–Trinajstić information content (AvgIpc) is 2.62. The molecule has 1 aliphatic heterocycles. The molecule has 0 aromatic carbocycles. The number of nitrogens with zero attached hydrogens (tertiary/aromatic N) is 2. The van der Waals surface area contributed by atoms with Crippen molar-refractivity contribution in [2.75, 3.05) is 25.0 Å². The molecule has 5 heteroatoms. The molecule has 21 heavy (non-hydrogen) atoms. The summed E-state index contributed by atoms with van der Waals surface area (Å²) in [6.07, 6.45) is 1.22. The number of carbonyl (C=O) groups is 1. The summed E-state index contributed by atoms with van der Waals surface area (Å²) in [5.41, 5.74) is 1.20. The number of furan rings is 1. The van der Waals surface area contributed by atoms with Gasteiger partial charge in [0.15, 0.2) is 0 Å². The number of piperidine rings is 1. The van der Waals surface area contributed by atoms with Crippen LogP contribution >= 0.6 is 0 Å². The number of carbonyl (C=O) groups excluding carboxylic acids is 1. The third-order valence-corrected chi connectivity index (χ3v) is 4.06. The quantitative estimate of drug-likeness (QED) is 0.928. The van der Waals surface area contributed by atoms with Crippen LogP contribution in [0.3, 0.4) is 0 Å². The minimum Gasteiger partial charge on any atom is -0.444 e. The van der Waals surface area contributed by atoms with Crippen molar-refractivity contribution in [2.24, 2.45) is 11.8 Å². The van der Waals surface area contributed by atoms with E-state index in [0.717, 1.165) is 18.7 Å². The molecule has 0 radical (unpaired) electrons. The molecule has 5 nitrogen and oxygen atoms in total. The fourth-order valence-corrected chi connectivity index (χ4v) is 3.14. The highest BCUT2D eigenvalue weighted by molar-refractivity contribution is 5.92. The molecule has 1 aliphatic rings. The standard InChI is InChI=1S/C16H23N3O2/c1-10-5-11(2)8-19(7-10)9-15(20)18-16-14(6-17)12(3)13(4)21-16/h10-11H,5,7-9H2,1-4H3,(H,18,20)/t10-,11+. The van der Waals surface area contributed by atoms with Crippen molar-refractivity contribution < 1.29 is 9.21 Å². The van der Waals surface area contributed by atoms with Crippen molar-refractivity contribution in [1.29, 1.82) is 5.26 Å². The number of aryl methyl sites for hydroxylation is 1. The van der Waals surface area contributed by atoms with Gasteiger partial charge < -0.3 is 4.42 Å². The molecule has 1 aromatic heterocycles. The first kappa shape index (κ1) is 15.6. The Morgan fingerprint density at radius 3 is 2.57 bits per heavy atom. The predicted octanol–water partition coefficient (Wildman–Crippen LogP) is 2.68. The maximum Gasteiger partial charge on any atom is 0.240 e. The van der Waals surface area contributed by atoms with Gasteiger partial charge >= 0.3 is 0 Å². The molecule has 0 saturated carbocycles. The number of nitrogens with one attached hydrogen (secondary N) is 1. The first-order chi connectivity index (χ1) is 9.90. The summed E-state index contributed by atoms with van der Waals surface area (Å²) in [7, 11) is 0. The molecule has 1 saturated heterocycles. The molecule has 2 atom stereocenters. The number of hydrogen-bond donors (Lipinski definition) is 1. The summed E-state index contributed by atoms with van der Waals surface area (Å²) in [5.74, 6) is 2.05. The van der Waals surface area contributed by atoms with Gasteiger partial charge in [0.25, 0.3) is 0 Å². The molecule has 1 amide bonds. The number of nitriles is 1. The van der Waals surface area contributed by atoms with Gasteiger partial charge in [-0.1, -0.05) is 13.8 Å². The van der Waals surface area contributed by atoms with Gasteiger partial charge in [-0.25, -0.2) is 0 Å². The molecule has 2 rings (SSSR count). The van der Waals surface area contributed by atoms with Gasteiger partial charge in [-0.2, -0.15) is 5.26 Å². The topological polar surface area (TPSA) is 69.3 Å². The summed E-state index contributed by atoms with van der Waals surface area (Å²) >= 11 is 0. The Morgan fingerprint density at radius 1 is 1.38 bits per heavy atom. The van der Waals surface area contributed by atoms with E-state index in [1.807, 2.05) is 6.92 Å². The van der Waals surface area contributed by atoms with E-state index in [0.29, 0.717) is 29.7 Å². The zero-order valence-electron chi connectivity index (χ0n) is 13.2. The van der Waals surface area contributed by atoms with E-state index in [2.05, 4.69) is 30.1 Å². The molecule has 0 unspecified atom stereocenters. The first-order valence-corrected chi connectivity index (χ1v) is 7.43. The van der Waals surface area contributed by atoms with E-state index in [9.17, 15) is 4.79 Å². The largest absolute Gasteiger partial charge is 0.444 e. The minimum atomic E-state index is -0.124. The van der Waals surface area contributed by atoms with Crippen molar-refractivity contribution >= 4 is 11.8 Å². The molecule has 2 heterocycles. The van der Waals surface area contributed by atoms with Crippen molar-refractivity contribution in [1.82, 2.24) is 4.90 Å². The summed E-state index contributed by atoms with van der Waals surface area (Å²) < 4.78 is 5.47. The van der Waals surface area contributed by atoms with Crippen LogP contribution in [0.25, 0.3) is 0 Å².